The van der Waals surface area contributed by atoms with Crippen LogP contribution in [0.2, 0.25) is 0 Å². The molecule has 1 rings (SSSR count). The molecule has 0 saturated heterocycles. The normalized spacial score (nSPS) is 9.31. The van der Waals surface area contributed by atoms with E-state index in [9.17, 15) is 9.59 Å². The number of carboxylic acids is 1. The Morgan fingerprint density at radius 3 is 2.31 bits per heavy atom. The minimum Gasteiger partial charge on any atom is -0.478 e. The van der Waals surface area contributed by atoms with Crippen molar-refractivity contribution in [2.24, 2.45) is 0 Å². The van der Waals surface area contributed by atoms with Gasteiger partial charge in [0.25, 0.3) is 5.91 Å². The van der Waals surface area contributed by atoms with Crippen LogP contribution in [0.5, 0.6) is 0 Å². The first kappa shape index (κ1) is 9.11. The molecule has 0 aromatic carbocycles. The Morgan fingerprint density at radius 1 is 1.38 bits per heavy atom. The Balaban J connectivity index is 2.93. The number of aromatic carboxylic acids is 1. The van der Waals surface area contributed by atoms with Crippen molar-refractivity contribution in [2.75, 3.05) is 7.05 Å². The topological polar surface area (TPSA) is 92.2 Å². The summed E-state index contributed by atoms with van der Waals surface area (Å²) in [7, 11) is 1.44. The Morgan fingerprint density at radius 2 is 1.92 bits per heavy atom. The number of hydrogen-bond donors (Lipinski definition) is 2. The molecule has 2 N–H and O–H groups in total. The smallest absolute Gasteiger partial charge is 0.338 e. The number of carbonyl (C=O) groups is 2. The standard InChI is InChI=1S/C7H7N3O3/c1-8-6(11)5-9-2-4(3-10-5)7(12)13/h2-3H,1H3,(H,8,11)(H,12,13). The van der Waals surface area contributed by atoms with Crippen molar-refractivity contribution in [1.82, 2.24) is 15.3 Å². The second-order valence-corrected chi connectivity index (χ2v) is 2.18. The molecule has 0 aliphatic heterocycles. The minimum atomic E-state index is -1.12. The maximum atomic E-state index is 10.9. The van der Waals surface area contributed by atoms with Crippen molar-refractivity contribution in [3.63, 3.8) is 0 Å². The van der Waals surface area contributed by atoms with Crippen LogP contribution < -0.4 is 5.32 Å². The first-order valence-corrected chi connectivity index (χ1v) is 3.42. The van der Waals surface area contributed by atoms with Gasteiger partial charge in [0.15, 0.2) is 0 Å². The monoisotopic (exact) mass is 181 g/mol. The van der Waals surface area contributed by atoms with Crippen LogP contribution in [-0.4, -0.2) is 34.0 Å². The average Bonchev–Trinajstić information content (AvgIpc) is 2.17. The van der Waals surface area contributed by atoms with Gasteiger partial charge in [0.2, 0.25) is 5.82 Å². The lowest BCUT2D eigenvalue weighted by molar-refractivity contribution is 0.0695. The van der Waals surface area contributed by atoms with Crippen molar-refractivity contribution >= 4 is 11.9 Å². The molecular formula is C7H7N3O3. The number of nitrogens with one attached hydrogen (secondary N) is 1. The largest absolute Gasteiger partial charge is 0.478 e. The number of rotatable bonds is 2. The summed E-state index contributed by atoms with van der Waals surface area (Å²) >= 11 is 0. The highest BCUT2D eigenvalue weighted by molar-refractivity contribution is 5.91. The number of aromatic nitrogens is 2. The quantitative estimate of drug-likeness (QED) is 0.643. The average molecular weight is 181 g/mol. The van der Waals surface area contributed by atoms with E-state index in [-0.39, 0.29) is 11.4 Å². The molecule has 0 spiro atoms. The highest BCUT2D eigenvalue weighted by atomic mass is 16.4. The van der Waals surface area contributed by atoms with E-state index in [1.807, 2.05) is 0 Å². The zero-order valence-electron chi connectivity index (χ0n) is 6.81. The minimum absolute atomic E-state index is 0.0485. The van der Waals surface area contributed by atoms with Gasteiger partial charge < -0.3 is 10.4 Å². The van der Waals surface area contributed by atoms with Gasteiger partial charge >= 0.3 is 5.97 Å². The van der Waals surface area contributed by atoms with Crippen LogP contribution in [0.4, 0.5) is 0 Å². The molecule has 13 heavy (non-hydrogen) atoms. The lowest BCUT2D eigenvalue weighted by Gasteiger charge is -1.97. The molecule has 1 aromatic rings. The van der Waals surface area contributed by atoms with Crippen LogP contribution in [0.1, 0.15) is 21.0 Å². The van der Waals surface area contributed by atoms with Gasteiger partial charge in [-0.05, 0) is 0 Å². The van der Waals surface area contributed by atoms with E-state index in [1.165, 1.54) is 7.05 Å². The van der Waals surface area contributed by atoms with Crippen LogP contribution in [0.15, 0.2) is 12.4 Å². The van der Waals surface area contributed by atoms with Crippen LogP contribution in [0.25, 0.3) is 0 Å². The number of carboxylic acid groups (broad SMARTS) is 1. The molecule has 1 heterocycles. The zero-order chi connectivity index (χ0) is 9.84. The summed E-state index contributed by atoms with van der Waals surface area (Å²) < 4.78 is 0. The van der Waals surface area contributed by atoms with E-state index < -0.39 is 11.9 Å². The Labute approximate surface area is 73.6 Å². The van der Waals surface area contributed by atoms with E-state index in [0.29, 0.717) is 0 Å². The van der Waals surface area contributed by atoms with Crippen molar-refractivity contribution < 1.29 is 14.7 Å². The molecule has 0 atom stereocenters. The molecule has 6 nitrogen and oxygen atoms in total. The Bertz CT molecular complexity index is 333. The van der Waals surface area contributed by atoms with Crippen LogP contribution in [0.3, 0.4) is 0 Å². The molecule has 0 unspecified atom stereocenters. The van der Waals surface area contributed by atoms with Crippen molar-refractivity contribution in [1.29, 1.82) is 0 Å². The fourth-order valence-electron chi connectivity index (χ4n) is 0.668. The Hall–Kier alpha value is -1.98. The lowest BCUT2D eigenvalue weighted by atomic mass is 10.3. The molecule has 6 heteroatoms. The molecule has 0 aliphatic carbocycles. The fraction of sp³-hybridized carbons (Fsp3) is 0.143. The Kier molecular flexibility index (Phi) is 2.53. The number of carbonyl (C=O) groups excluding carboxylic acids is 1. The molecule has 0 saturated carbocycles. The third-order valence-electron chi connectivity index (χ3n) is 1.33. The zero-order valence-corrected chi connectivity index (χ0v) is 6.81. The van der Waals surface area contributed by atoms with Gasteiger partial charge in [0.1, 0.15) is 0 Å². The van der Waals surface area contributed by atoms with Gasteiger partial charge in [-0.3, -0.25) is 4.79 Å². The van der Waals surface area contributed by atoms with E-state index in [1.54, 1.807) is 0 Å². The number of nitrogens with zero attached hydrogens (tertiary/aromatic N) is 2. The molecule has 68 valence electrons. The molecular weight excluding hydrogens is 174 g/mol. The van der Waals surface area contributed by atoms with Crippen molar-refractivity contribution in [3.05, 3.63) is 23.8 Å². The maximum Gasteiger partial charge on any atom is 0.338 e. The van der Waals surface area contributed by atoms with Crippen molar-refractivity contribution in [3.8, 4) is 0 Å². The fourth-order valence-corrected chi connectivity index (χ4v) is 0.668. The molecule has 0 aliphatic rings. The predicted molar refractivity (Wildman–Crippen MR) is 42.4 cm³/mol. The second-order valence-electron chi connectivity index (χ2n) is 2.18. The summed E-state index contributed by atoms with van der Waals surface area (Å²) in [5.41, 5.74) is -0.0485. The third kappa shape index (κ3) is 1.98. The summed E-state index contributed by atoms with van der Waals surface area (Å²) in [4.78, 5) is 28.4. The van der Waals surface area contributed by atoms with Crippen LogP contribution in [0, 0.1) is 0 Å². The number of hydrogen-bond acceptors (Lipinski definition) is 4. The maximum absolute atomic E-state index is 10.9. The lowest BCUT2D eigenvalue weighted by Crippen LogP contribution is -2.21. The summed E-state index contributed by atoms with van der Waals surface area (Å²) in [6, 6.07) is 0. The van der Waals surface area contributed by atoms with Gasteiger partial charge in [-0.15, -0.1) is 0 Å². The van der Waals surface area contributed by atoms with Crippen LogP contribution in [-0.2, 0) is 0 Å². The van der Waals surface area contributed by atoms with Gasteiger partial charge in [0, 0.05) is 19.4 Å². The summed E-state index contributed by atoms with van der Waals surface area (Å²) in [5.74, 6) is -1.62. The first-order valence-electron chi connectivity index (χ1n) is 3.42. The first-order chi connectivity index (χ1) is 6.15. The van der Waals surface area contributed by atoms with Gasteiger partial charge in [-0.25, -0.2) is 14.8 Å². The molecule has 0 bridgehead atoms. The predicted octanol–water partition coefficient (Wildman–Crippen LogP) is -0.466. The highest BCUT2D eigenvalue weighted by Gasteiger charge is 2.08. The SMILES string of the molecule is CNC(=O)c1ncc(C(=O)O)cn1. The summed E-state index contributed by atoms with van der Waals surface area (Å²) in [6.07, 6.45) is 2.17. The number of amides is 1. The van der Waals surface area contributed by atoms with Gasteiger partial charge in [-0.2, -0.15) is 0 Å². The molecule has 1 amide bonds. The van der Waals surface area contributed by atoms with Gasteiger partial charge in [0.05, 0.1) is 5.56 Å². The molecule has 1 aromatic heterocycles. The summed E-state index contributed by atoms with van der Waals surface area (Å²) in [5, 5.41) is 10.8. The van der Waals surface area contributed by atoms with E-state index >= 15 is 0 Å². The van der Waals surface area contributed by atoms with Gasteiger partial charge in [-0.1, -0.05) is 0 Å². The highest BCUT2D eigenvalue weighted by Crippen LogP contribution is 1.95. The summed E-state index contributed by atoms with van der Waals surface area (Å²) in [6.45, 7) is 0. The second kappa shape index (κ2) is 3.61. The molecule has 0 radical (unpaired) electrons. The van der Waals surface area contributed by atoms with Crippen molar-refractivity contribution in [2.45, 2.75) is 0 Å². The van der Waals surface area contributed by atoms with E-state index in [2.05, 4.69) is 15.3 Å². The van der Waals surface area contributed by atoms with E-state index in [4.69, 9.17) is 5.11 Å². The third-order valence-corrected chi connectivity index (χ3v) is 1.33. The molecule has 0 fully saturated rings. The van der Waals surface area contributed by atoms with E-state index in [0.717, 1.165) is 12.4 Å². The van der Waals surface area contributed by atoms with Crippen LogP contribution >= 0.6 is 0 Å².